The van der Waals surface area contributed by atoms with Crippen molar-refractivity contribution in [2.75, 3.05) is 13.7 Å². The Morgan fingerprint density at radius 1 is 1.28 bits per heavy atom. The van der Waals surface area contributed by atoms with Gasteiger partial charge in [-0.2, -0.15) is 0 Å². The number of aryl methyl sites for hydroxylation is 1. The molecule has 2 N–H and O–H groups in total. The van der Waals surface area contributed by atoms with Gasteiger partial charge in [-0.25, -0.2) is 0 Å². The predicted octanol–water partition coefficient (Wildman–Crippen LogP) is 3.05. The van der Waals surface area contributed by atoms with Gasteiger partial charge >= 0.3 is 0 Å². The number of carbonyl (C=O) groups excluding carboxylic acids is 1. The van der Waals surface area contributed by atoms with E-state index >= 15 is 0 Å². The standard InChI is InChI=1S/C21H23NO3/c1-25-18-10-11-19-17(14-18)8-5-13-21(19,24)15-22-20(23)12-9-16-6-3-2-4-7-16/h2-4,6-7,9-12,14,24H,5,8,13,15H2,1H3,(H,22,23). The van der Waals surface area contributed by atoms with Crippen LogP contribution >= 0.6 is 0 Å². The monoisotopic (exact) mass is 337 g/mol. The van der Waals surface area contributed by atoms with E-state index in [2.05, 4.69) is 5.32 Å². The SMILES string of the molecule is COc1ccc2c(c1)CCCC2(O)CNC(=O)C=Cc1ccccc1. The van der Waals surface area contributed by atoms with Gasteiger partial charge in [-0.3, -0.25) is 4.79 Å². The third-order valence-corrected chi connectivity index (χ3v) is 4.63. The number of amides is 1. The molecule has 0 bridgehead atoms. The number of fused-ring (bicyclic) bond motifs is 1. The number of carbonyl (C=O) groups is 1. The predicted molar refractivity (Wildman–Crippen MR) is 98.3 cm³/mol. The van der Waals surface area contributed by atoms with Crippen LogP contribution in [-0.4, -0.2) is 24.7 Å². The van der Waals surface area contributed by atoms with Gasteiger partial charge in [0, 0.05) is 6.08 Å². The largest absolute Gasteiger partial charge is 0.497 e. The molecular weight excluding hydrogens is 314 g/mol. The fraction of sp³-hybridized carbons (Fsp3) is 0.286. The first kappa shape index (κ1) is 17.2. The topological polar surface area (TPSA) is 58.6 Å². The second kappa shape index (κ2) is 7.53. The number of ether oxygens (including phenoxy) is 1. The van der Waals surface area contributed by atoms with Gasteiger partial charge in [-0.05, 0) is 54.2 Å². The fourth-order valence-electron chi connectivity index (χ4n) is 3.28. The van der Waals surface area contributed by atoms with Crippen LogP contribution in [0.2, 0.25) is 0 Å². The van der Waals surface area contributed by atoms with Crippen LogP contribution in [0, 0.1) is 0 Å². The summed E-state index contributed by atoms with van der Waals surface area (Å²) in [5, 5.41) is 13.9. The average molecular weight is 337 g/mol. The van der Waals surface area contributed by atoms with Gasteiger partial charge in [0.1, 0.15) is 11.4 Å². The lowest BCUT2D eigenvalue weighted by atomic mass is 9.79. The van der Waals surface area contributed by atoms with E-state index in [0.29, 0.717) is 6.42 Å². The van der Waals surface area contributed by atoms with E-state index in [1.165, 1.54) is 6.08 Å². The maximum atomic E-state index is 12.1. The van der Waals surface area contributed by atoms with Crippen LogP contribution in [0.1, 0.15) is 29.5 Å². The van der Waals surface area contributed by atoms with Crippen molar-refractivity contribution in [2.24, 2.45) is 0 Å². The molecule has 3 rings (SSSR count). The fourth-order valence-corrected chi connectivity index (χ4v) is 3.28. The van der Waals surface area contributed by atoms with Crippen molar-refractivity contribution < 1.29 is 14.6 Å². The molecule has 0 fully saturated rings. The number of methoxy groups -OCH3 is 1. The Labute approximate surface area is 148 Å². The highest BCUT2D eigenvalue weighted by molar-refractivity contribution is 5.91. The van der Waals surface area contributed by atoms with Crippen molar-refractivity contribution in [1.29, 1.82) is 0 Å². The van der Waals surface area contributed by atoms with Crippen molar-refractivity contribution in [3.63, 3.8) is 0 Å². The summed E-state index contributed by atoms with van der Waals surface area (Å²) in [5.41, 5.74) is 1.90. The van der Waals surface area contributed by atoms with Crippen molar-refractivity contribution >= 4 is 12.0 Å². The zero-order valence-corrected chi connectivity index (χ0v) is 14.4. The lowest BCUT2D eigenvalue weighted by Crippen LogP contribution is -2.42. The van der Waals surface area contributed by atoms with E-state index < -0.39 is 5.60 Å². The van der Waals surface area contributed by atoms with Gasteiger partial charge < -0.3 is 15.2 Å². The summed E-state index contributed by atoms with van der Waals surface area (Å²) < 4.78 is 5.26. The number of hydrogen-bond donors (Lipinski definition) is 2. The molecule has 2 aromatic rings. The summed E-state index contributed by atoms with van der Waals surface area (Å²) >= 11 is 0. The molecule has 4 nitrogen and oxygen atoms in total. The molecule has 2 aromatic carbocycles. The highest BCUT2D eigenvalue weighted by atomic mass is 16.5. The maximum Gasteiger partial charge on any atom is 0.244 e. The molecular formula is C21H23NO3. The summed E-state index contributed by atoms with van der Waals surface area (Å²) in [6, 6.07) is 15.4. The number of benzene rings is 2. The van der Waals surface area contributed by atoms with Gasteiger partial charge in [0.05, 0.1) is 13.7 Å². The molecule has 0 aliphatic heterocycles. The summed E-state index contributed by atoms with van der Waals surface area (Å²) in [5.74, 6) is 0.579. The Kier molecular flexibility index (Phi) is 5.19. The van der Waals surface area contributed by atoms with Crippen molar-refractivity contribution in [3.05, 3.63) is 71.3 Å². The third kappa shape index (κ3) is 4.09. The summed E-state index contributed by atoms with van der Waals surface area (Å²) in [7, 11) is 1.63. The van der Waals surface area contributed by atoms with Crippen LogP contribution in [0.25, 0.3) is 6.08 Å². The zero-order chi connectivity index (χ0) is 17.7. The van der Waals surface area contributed by atoms with Gasteiger partial charge in [0.25, 0.3) is 0 Å². The Morgan fingerprint density at radius 2 is 2.08 bits per heavy atom. The summed E-state index contributed by atoms with van der Waals surface area (Å²) in [4.78, 5) is 12.1. The summed E-state index contributed by atoms with van der Waals surface area (Å²) in [6.07, 6.45) is 5.69. The Hall–Kier alpha value is -2.59. The first-order chi connectivity index (χ1) is 12.1. The van der Waals surface area contributed by atoms with Gasteiger partial charge in [-0.15, -0.1) is 0 Å². The first-order valence-electron chi connectivity index (χ1n) is 8.51. The van der Waals surface area contributed by atoms with Crippen LogP contribution in [0.15, 0.2) is 54.6 Å². The van der Waals surface area contributed by atoms with Crippen LogP contribution in [0.5, 0.6) is 5.75 Å². The average Bonchev–Trinajstić information content (AvgIpc) is 2.65. The second-order valence-corrected chi connectivity index (χ2v) is 6.37. The normalized spacial score (nSPS) is 19.4. The number of rotatable bonds is 5. The molecule has 0 saturated carbocycles. The van der Waals surface area contributed by atoms with Gasteiger partial charge in [0.2, 0.25) is 5.91 Å². The quantitative estimate of drug-likeness (QED) is 0.825. The summed E-state index contributed by atoms with van der Waals surface area (Å²) in [6.45, 7) is 0.199. The van der Waals surface area contributed by atoms with Crippen LogP contribution in [-0.2, 0) is 16.8 Å². The molecule has 1 aliphatic carbocycles. The third-order valence-electron chi connectivity index (χ3n) is 4.63. The highest BCUT2D eigenvalue weighted by Gasteiger charge is 2.34. The molecule has 0 spiro atoms. The van der Waals surface area contributed by atoms with Gasteiger partial charge in [0.15, 0.2) is 0 Å². The smallest absolute Gasteiger partial charge is 0.244 e. The van der Waals surface area contributed by atoms with Crippen molar-refractivity contribution in [1.82, 2.24) is 5.32 Å². The van der Waals surface area contributed by atoms with Crippen molar-refractivity contribution in [3.8, 4) is 5.75 Å². The molecule has 1 atom stereocenters. The highest BCUT2D eigenvalue weighted by Crippen LogP contribution is 2.36. The minimum absolute atomic E-state index is 0.199. The van der Waals surface area contributed by atoms with E-state index in [-0.39, 0.29) is 12.5 Å². The molecule has 0 heterocycles. The number of aliphatic hydroxyl groups is 1. The van der Waals surface area contributed by atoms with E-state index in [9.17, 15) is 9.90 Å². The van der Waals surface area contributed by atoms with Crippen LogP contribution in [0.3, 0.4) is 0 Å². The lowest BCUT2D eigenvalue weighted by molar-refractivity contribution is -0.118. The first-order valence-corrected chi connectivity index (χ1v) is 8.51. The molecule has 1 unspecified atom stereocenters. The molecule has 0 radical (unpaired) electrons. The lowest BCUT2D eigenvalue weighted by Gasteiger charge is -2.34. The molecule has 1 amide bonds. The van der Waals surface area contributed by atoms with Gasteiger partial charge in [-0.1, -0.05) is 36.4 Å². The minimum atomic E-state index is -1.03. The van der Waals surface area contributed by atoms with E-state index in [4.69, 9.17) is 4.74 Å². The van der Waals surface area contributed by atoms with E-state index in [0.717, 1.165) is 35.3 Å². The van der Waals surface area contributed by atoms with E-state index in [1.807, 2.05) is 48.5 Å². The molecule has 0 aromatic heterocycles. The molecule has 4 heteroatoms. The molecule has 25 heavy (non-hydrogen) atoms. The van der Waals surface area contributed by atoms with E-state index in [1.54, 1.807) is 13.2 Å². The molecule has 0 saturated heterocycles. The number of hydrogen-bond acceptors (Lipinski definition) is 3. The van der Waals surface area contributed by atoms with Crippen LogP contribution in [0.4, 0.5) is 0 Å². The molecule has 130 valence electrons. The van der Waals surface area contributed by atoms with Crippen LogP contribution < -0.4 is 10.1 Å². The minimum Gasteiger partial charge on any atom is -0.497 e. The Balaban J connectivity index is 1.67. The van der Waals surface area contributed by atoms with Crippen molar-refractivity contribution in [2.45, 2.75) is 24.9 Å². The Morgan fingerprint density at radius 3 is 2.84 bits per heavy atom. The maximum absolute atomic E-state index is 12.1. The second-order valence-electron chi connectivity index (χ2n) is 6.37. The molecule has 1 aliphatic rings. The zero-order valence-electron chi connectivity index (χ0n) is 14.4. The Bertz CT molecular complexity index is 770. The number of nitrogens with one attached hydrogen (secondary N) is 1.